The van der Waals surface area contributed by atoms with Crippen LogP contribution in [0.3, 0.4) is 0 Å². The maximum Gasteiger partial charge on any atom is 0.326 e. The van der Waals surface area contributed by atoms with Gasteiger partial charge >= 0.3 is 5.69 Å². The number of anilines is 1. The predicted molar refractivity (Wildman–Crippen MR) is 108 cm³/mol. The van der Waals surface area contributed by atoms with Crippen LogP contribution in [0.25, 0.3) is 11.0 Å². The number of nitrogens with one attached hydrogen (secondary N) is 2. The van der Waals surface area contributed by atoms with E-state index in [1.807, 2.05) is 36.4 Å². The van der Waals surface area contributed by atoms with Gasteiger partial charge in [-0.2, -0.15) is 0 Å². The first-order valence-corrected chi connectivity index (χ1v) is 9.45. The molecule has 2 heterocycles. The summed E-state index contributed by atoms with van der Waals surface area (Å²) in [6.45, 7) is -0.0811. The number of aromatic nitrogens is 3. The molecule has 1 amide bonds. The van der Waals surface area contributed by atoms with E-state index in [0.29, 0.717) is 27.6 Å². The lowest BCUT2D eigenvalue weighted by atomic mass is 10.1. The van der Waals surface area contributed by atoms with Crippen molar-refractivity contribution < 1.29 is 4.79 Å². The Bertz CT molecular complexity index is 1180. The highest BCUT2D eigenvalue weighted by Crippen LogP contribution is 2.24. The molecular weight excluding hydrogens is 384 g/mol. The summed E-state index contributed by atoms with van der Waals surface area (Å²) in [6.07, 6.45) is 2.37. The summed E-state index contributed by atoms with van der Waals surface area (Å²) in [5.41, 5.74) is 2.08. The average Bonchev–Trinajstić information content (AvgIpc) is 3.21. The standard InChI is InChI=1S/C19H15ClN4O2S/c20-14-6-2-1-5-12(14)9-13-10-21-18(27-13)23-17(25)11-24-16-8-4-3-7-15(16)22-19(24)26/h1-8,10H,9,11H2,(H,22,26)(H,21,23,25). The maximum absolute atomic E-state index is 12.4. The first-order chi connectivity index (χ1) is 13.1. The summed E-state index contributed by atoms with van der Waals surface area (Å²) in [5.74, 6) is -0.305. The summed E-state index contributed by atoms with van der Waals surface area (Å²) < 4.78 is 1.41. The van der Waals surface area contributed by atoms with Gasteiger partial charge in [-0.05, 0) is 23.8 Å². The monoisotopic (exact) mass is 398 g/mol. The summed E-state index contributed by atoms with van der Waals surface area (Å²) in [6, 6.07) is 14.9. The number of amides is 1. The fourth-order valence-corrected chi connectivity index (χ4v) is 3.90. The summed E-state index contributed by atoms with van der Waals surface area (Å²) in [5, 5.41) is 3.95. The third-order valence-electron chi connectivity index (χ3n) is 4.11. The van der Waals surface area contributed by atoms with Crippen molar-refractivity contribution in [3.63, 3.8) is 0 Å². The largest absolute Gasteiger partial charge is 0.326 e. The number of para-hydroxylation sites is 2. The smallest absolute Gasteiger partial charge is 0.306 e. The number of fused-ring (bicyclic) bond motifs is 1. The Kier molecular flexibility index (Phi) is 4.79. The van der Waals surface area contributed by atoms with Gasteiger partial charge < -0.3 is 10.3 Å². The molecule has 4 aromatic rings. The molecule has 0 fully saturated rings. The van der Waals surface area contributed by atoms with Crippen molar-refractivity contribution in [2.75, 3.05) is 5.32 Å². The lowest BCUT2D eigenvalue weighted by Crippen LogP contribution is -2.25. The van der Waals surface area contributed by atoms with Crippen LogP contribution < -0.4 is 11.0 Å². The van der Waals surface area contributed by atoms with Crippen molar-refractivity contribution in [2.45, 2.75) is 13.0 Å². The van der Waals surface area contributed by atoms with Crippen LogP contribution in [0.2, 0.25) is 5.02 Å². The molecule has 0 aliphatic rings. The lowest BCUT2D eigenvalue weighted by molar-refractivity contribution is -0.116. The molecule has 2 aromatic carbocycles. The topological polar surface area (TPSA) is 79.8 Å². The Morgan fingerprint density at radius 3 is 2.81 bits per heavy atom. The molecule has 6 nitrogen and oxygen atoms in total. The Hall–Kier alpha value is -2.90. The fraction of sp³-hybridized carbons (Fsp3) is 0.105. The van der Waals surface area contributed by atoms with Crippen LogP contribution in [0.4, 0.5) is 5.13 Å². The van der Waals surface area contributed by atoms with Gasteiger partial charge in [0.2, 0.25) is 5.91 Å². The normalized spacial score (nSPS) is 11.0. The van der Waals surface area contributed by atoms with Gasteiger partial charge in [0, 0.05) is 22.5 Å². The number of halogens is 1. The first kappa shape index (κ1) is 17.5. The third-order valence-corrected chi connectivity index (χ3v) is 5.39. The number of benzene rings is 2. The van der Waals surface area contributed by atoms with Crippen LogP contribution in [0.1, 0.15) is 10.4 Å². The highest BCUT2D eigenvalue weighted by molar-refractivity contribution is 7.15. The van der Waals surface area contributed by atoms with Crippen molar-refractivity contribution in [1.82, 2.24) is 14.5 Å². The number of carbonyl (C=O) groups excluding carboxylic acids is 1. The zero-order valence-electron chi connectivity index (χ0n) is 14.1. The molecule has 4 rings (SSSR count). The quantitative estimate of drug-likeness (QED) is 0.538. The number of hydrogen-bond acceptors (Lipinski definition) is 4. The summed E-state index contributed by atoms with van der Waals surface area (Å²) >= 11 is 7.57. The van der Waals surface area contributed by atoms with Crippen molar-refractivity contribution in [2.24, 2.45) is 0 Å². The van der Waals surface area contributed by atoms with Crippen LogP contribution in [0.5, 0.6) is 0 Å². The second-order valence-electron chi connectivity index (χ2n) is 5.98. The minimum Gasteiger partial charge on any atom is -0.306 e. The van der Waals surface area contributed by atoms with Crippen molar-refractivity contribution in [3.8, 4) is 0 Å². The van der Waals surface area contributed by atoms with Gasteiger partial charge in [0.25, 0.3) is 0 Å². The van der Waals surface area contributed by atoms with E-state index in [0.717, 1.165) is 10.4 Å². The molecule has 0 radical (unpaired) electrons. The van der Waals surface area contributed by atoms with E-state index in [1.165, 1.54) is 15.9 Å². The highest BCUT2D eigenvalue weighted by atomic mass is 35.5. The van der Waals surface area contributed by atoms with Crippen molar-refractivity contribution in [3.05, 3.63) is 80.7 Å². The molecule has 0 bridgehead atoms. The number of H-pyrrole nitrogens is 1. The molecule has 0 saturated heterocycles. The molecule has 0 unspecified atom stereocenters. The zero-order chi connectivity index (χ0) is 18.8. The molecule has 27 heavy (non-hydrogen) atoms. The van der Waals surface area contributed by atoms with E-state index in [9.17, 15) is 9.59 Å². The molecule has 8 heteroatoms. The molecule has 2 N–H and O–H groups in total. The Morgan fingerprint density at radius 2 is 1.96 bits per heavy atom. The Labute approximate surface area is 163 Å². The first-order valence-electron chi connectivity index (χ1n) is 8.25. The van der Waals surface area contributed by atoms with Gasteiger partial charge in [0.1, 0.15) is 6.54 Å². The second-order valence-corrected chi connectivity index (χ2v) is 7.50. The highest BCUT2D eigenvalue weighted by Gasteiger charge is 2.12. The molecule has 0 aliphatic carbocycles. The van der Waals surface area contributed by atoms with E-state index in [1.54, 1.807) is 18.3 Å². The molecule has 136 valence electrons. The third kappa shape index (κ3) is 3.79. The molecule has 2 aromatic heterocycles. The van der Waals surface area contributed by atoms with E-state index >= 15 is 0 Å². The van der Waals surface area contributed by atoms with Gasteiger partial charge in [-0.25, -0.2) is 9.78 Å². The second kappa shape index (κ2) is 7.38. The summed E-state index contributed by atoms with van der Waals surface area (Å²) in [4.78, 5) is 32.4. The Balaban J connectivity index is 1.46. The average molecular weight is 399 g/mol. The van der Waals surface area contributed by atoms with Gasteiger partial charge in [-0.1, -0.05) is 41.9 Å². The van der Waals surface area contributed by atoms with E-state index in [-0.39, 0.29) is 18.1 Å². The molecule has 0 atom stereocenters. The number of aromatic amines is 1. The molecule has 0 aliphatic heterocycles. The van der Waals surface area contributed by atoms with Gasteiger partial charge in [-0.3, -0.25) is 9.36 Å². The molecule has 0 spiro atoms. The van der Waals surface area contributed by atoms with Crippen LogP contribution in [0, 0.1) is 0 Å². The zero-order valence-corrected chi connectivity index (χ0v) is 15.7. The van der Waals surface area contributed by atoms with Crippen LogP contribution in [-0.4, -0.2) is 20.4 Å². The maximum atomic E-state index is 12.4. The number of hydrogen-bond donors (Lipinski definition) is 2. The minimum atomic E-state index is -0.315. The van der Waals surface area contributed by atoms with Crippen LogP contribution in [0.15, 0.2) is 59.5 Å². The summed E-state index contributed by atoms with van der Waals surface area (Å²) in [7, 11) is 0. The number of rotatable bonds is 5. The number of thiazole rings is 1. The van der Waals surface area contributed by atoms with Crippen molar-refractivity contribution >= 4 is 45.0 Å². The predicted octanol–water partition coefficient (Wildman–Crippen LogP) is 3.67. The van der Waals surface area contributed by atoms with Gasteiger partial charge in [0.05, 0.1) is 11.0 Å². The minimum absolute atomic E-state index is 0.0811. The number of imidazole rings is 1. The van der Waals surface area contributed by atoms with E-state index < -0.39 is 0 Å². The number of nitrogens with zero attached hydrogens (tertiary/aromatic N) is 2. The van der Waals surface area contributed by atoms with Gasteiger partial charge in [-0.15, -0.1) is 11.3 Å². The van der Waals surface area contributed by atoms with Crippen LogP contribution >= 0.6 is 22.9 Å². The number of carbonyl (C=O) groups is 1. The SMILES string of the molecule is O=C(Cn1c(=O)[nH]c2ccccc21)Nc1ncc(Cc2ccccc2Cl)s1. The fourth-order valence-electron chi connectivity index (χ4n) is 2.84. The van der Waals surface area contributed by atoms with Crippen molar-refractivity contribution in [1.29, 1.82) is 0 Å². The van der Waals surface area contributed by atoms with E-state index in [2.05, 4.69) is 15.3 Å². The Morgan fingerprint density at radius 1 is 1.19 bits per heavy atom. The van der Waals surface area contributed by atoms with E-state index in [4.69, 9.17) is 11.6 Å². The van der Waals surface area contributed by atoms with Crippen LogP contribution in [-0.2, 0) is 17.8 Å². The van der Waals surface area contributed by atoms with Gasteiger partial charge in [0.15, 0.2) is 5.13 Å². The molecule has 0 saturated carbocycles. The molecular formula is C19H15ClN4O2S. The lowest BCUT2D eigenvalue weighted by Gasteiger charge is -2.03.